The Balaban J connectivity index is 0.000000314. The van der Waals surface area contributed by atoms with Gasteiger partial charge < -0.3 is 18.3 Å². The maximum absolute atomic E-state index is 6.16. The van der Waals surface area contributed by atoms with Gasteiger partial charge in [-0.3, -0.25) is 5.73 Å². The van der Waals surface area contributed by atoms with E-state index in [1.54, 1.807) is 0 Å². The number of hydrogen-bond donors (Lipinski definition) is 1. The fourth-order valence-electron chi connectivity index (χ4n) is 3.72. The van der Waals surface area contributed by atoms with Crippen LogP contribution in [0.15, 0.2) is 30.3 Å². The van der Waals surface area contributed by atoms with E-state index in [0.29, 0.717) is 0 Å². The maximum Gasteiger partial charge on any atom is 0.371 e. The lowest BCUT2D eigenvalue weighted by molar-refractivity contribution is -0.0426. The summed E-state index contributed by atoms with van der Waals surface area (Å²) in [4.78, 5) is 0. The molecule has 0 aromatic heterocycles. The number of para-hydroxylation sites is 1. The van der Waals surface area contributed by atoms with E-state index in [1.807, 2.05) is 30.3 Å². The van der Waals surface area contributed by atoms with Crippen molar-refractivity contribution >= 4 is 8.56 Å². The third-order valence-corrected chi connectivity index (χ3v) is 9.43. The minimum atomic E-state index is -2.21. The average Bonchev–Trinajstić information content (AvgIpc) is 2.66. The molecule has 0 amide bonds. The largest absolute Gasteiger partial charge is 0.479 e. The van der Waals surface area contributed by atoms with Crippen LogP contribution in [-0.2, 0) is 13.6 Å². The van der Waals surface area contributed by atoms with Gasteiger partial charge in [-0.15, -0.1) is 0 Å². The first-order valence-corrected chi connectivity index (χ1v) is 12.0. The molecule has 1 aliphatic rings. The zero-order valence-corrected chi connectivity index (χ0v) is 18.0. The SMILES string of the molecule is CCOC1(CC)CCCC[Si]1(OCC)OCC.NCOc1ccccc1. The lowest BCUT2D eigenvalue weighted by atomic mass is 10.1. The van der Waals surface area contributed by atoms with Gasteiger partial charge in [0.2, 0.25) is 0 Å². The Hall–Kier alpha value is -0.923. The fourth-order valence-corrected chi connectivity index (χ4v) is 8.18. The molecular weight excluding hydrogens is 346 g/mol. The van der Waals surface area contributed by atoms with Crippen molar-refractivity contribution in [2.24, 2.45) is 5.73 Å². The van der Waals surface area contributed by atoms with Gasteiger partial charge in [-0.2, -0.15) is 0 Å². The van der Waals surface area contributed by atoms with Crippen LogP contribution in [0.2, 0.25) is 6.04 Å². The molecule has 0 bridgehead atoms. The standard InChI is InChI=1S/C13H28O3Si.C7H9NO/c1-5-13(14-6-2)11-9-10-12-17(13,15-7-3)16-8-4;8-6-9-7-4-2-1-3-5-7/h5-12H2,1-4H3;1-5H,6,8H2. The van der Waals surface area contributed by atoms with Crippen molar-refractivity contribution in [2.75, 3.05) is 26.6 Å². The molecule has 0 aliphatic carbocycles. The first-order chi connectivity index (χ1) is 12.6. The molecule has 1 aromatic carbocycles. The number of nitrogens with two attached hydrogens (primary N) is 1. The van der Waals surface area contributed by atoms with Gasteiger partial charge in [0.1, 0.15) is 17.7 Å². The number of rotatable bonds is 9. The van der Waals surface area contributed by atoms with E-state index in [9.17, 15) is 0 Å². The topological polar surface area (TPSA) is 62.9 Å². The van der Waals surface area contributed by atoms with Crippen LogP contribution in [0.4, 0.5) is 0 Å². The molecule has 1 heterocycles. The fraction of sp³-hybridized carbons (Fsp3) is 0.700. The minimum Gasteiger partial charge on any atom is -0.479 e. The second-order valence-electron chi connectivity index (χ2n) is 6.23. The van der Waals surface area contributed by atoms with Crippen LogP contribution in [0.5, 0.6) is 5.75 Å². The van der Waals surface area contributed by atoms with Crippen molar-refractivity contribution in [3.05, 3.63) is 30.3 Å². The first kappa shape index (κ1) is 23.1. The van der Waals surface area contributed by atoms with Crippen molar-refractivity contribution < 1.29 is 18.3 Å². The van der Waals surface area contributed by atoms with Crippen LogP contribution in [-0.4, -0.2) is 40.3 Å². The third-order valence-electron chi connectivity index (χ3n) is 4.77. The van der Waals surface area contributed by atoms with Gasteiger partial charge in [-0.1, -0.05) is 38.0 Å². The molecule has 1 fully saturated rings. The summed E-state index contributed by atoms with van der Waals surface area (Å²) in [5, 5.41) is -0.119. The Bertz CT molecular complexity index is 459. The van der Waals surface area contributed by atoms with E-state index in [2.05, 4.69) is 27.7 Å². The molecule has 1 aliphatic heterocycles. The van der Waals surface area contributed by atoms with E-state index in [-0.39, 0.29) is 12.0 Å². The van der Waals surface area contributed by atoms with Gasteiger partial charge >= 0.3 is 8.56 Å². The van der Waals surface area contributed by atoms with Gasteiger partial charge in [-0.25, -0.2) is 0 Å². The van der Waals surface area contributed by atoms with E-state index >= 15 is 0 Å². The van der Waals surface area contributed by atoms with Crippen LogP contribution in [0.25, 0.3) is 0 Å². The summed E-state index contributed by atoms with van der Waals surface area (Å²) >= 11 is 0. The highest BCUT2D eigenvalue weighted by Gasteiger charge is 2.58. The Kier molecular flexibility index (Phi) is 11.1. The molecule has 1 atom stereocenters. The monoisotopic (exact) mass is 383 g/mol. The molecule has 1 unspecified atom stereocenters. The lowest BCUT2D eigenvalue weighted by Gasteiger charge is -2.49. The van der Waals surface area contributed by atoms with Crippen LogP contribution < -0.4 is 10.5 Å². The highest BCUT2D eigenvalue weighted by Crippen LogP contribution is 2.42. The van der Waals surface area contributed by atoms with Crippen molar-refractivity contribution in [3.63, 3.8) is 0 Å². The Morgan fingerprint density at radius 1 is 0.962 bits per heavy atom. The zero-order chi connectivity index (χ0) is 19.3. The van der Waals surface area contributed by atoms with Crippen LogP contribution in [0.1, 0.15) is 53.4 Å². The number of ether oxygens (including phenoxy) is 2. The van der Waals surface area contributed by atoms with E-state index in [0.717, 1.165) is 44.5 Å². The second kappa shape index (κ2) is 12.5. The number of hydrogen-bond acceptors (Lipinski definition) is 5. The smallest absolute Gasteiger partial charge is 0.371 e. The molecule has 26 heavy (non-hydrogen) atoms. The summed E-state index contributed by atoms with van der Waals surface area (Å²) in [6, 6.07) is 10.6. The highest BCUT2D eigenvalue weighted by atomic mass is 28.4. The molecule has 5 nitrogen and oxygen atoms in total. The van der Waals surface area contributed by atoms with Gasteiger partial charge in [0.15, 0.2) is 0 Å². The van der Waals surface area contributed by atoms with Crippen LogP contribution in [0, 0.1) is 0 Å². The third kappa shape index (κ3) is 6.06. The molecule has 6 heteroatoms. The van der Waals surface area contributed by atoms with Gasteiger partial charge in [0.25, 0.3) is 0 Å². The van der Waals surface area contributed by atoms with Crippen molar-refractivity contribution in [2.45, 2.75) is 64.6 Å². The minimum absolute atomic E-state index is 0.119. The normalized spacial score (nSPS) is 21.6. The molecule has 0 spiro atoms. The molecule has 0 radical (unpaired) electrons. The van der Waals surface area contributed by atoms with Gasteiger partial charge in [0, 0.05) is 19.8 Å². The first-order valence-electron chi connectivity index (χ1n) is 9.93. The van der Waals surface area contributed by atoms with Gasteiger partial charge in [-0.05, 0) is 51.8 Å². The molecule has 2 N–H and O–H groups in total. The van der Waals surface area contributed by atoms with Crippen LogP contribution in [0.3, 0.4) is 0 Å². The highest BCUT2D eigenvalue weighted by molar-refractivity contribution is 6.70. The molecule has 0 saturated carbocycles. The predicted octanol–water partition coefficient (Wildman–Crippen LogP) is 4.39. The zero-order valence-electron chi connectivity index (χ0n) is 17.0. The van der Waals surface area contributed by atoms with Crippen LogP contribution >= 0.6 is 0 Å². The summed E-state index contributed by atoms with van der Waals surface area (Å²) in [6.45, 7) is 10.9. The molecule has 1 saturated heterocycles. The molecule has 2 rings (SSSR count). The van der Waals surface area contributed by atoms with Crippen molar-refractivity contribution in [1.82, 2.24) is 0 Å². The number of benzene rings is 1. The maximum atomic E-state index is 6.16. The Morgan fingerprint density at radius 3 is 2.12 bits per heavy atom. The quantitative estimate of drug-likeness (QED) is 0.506. The predicted molar refractivity (Wildman–Crippen MR) is 108 cm³/mol. The van der Waals surface area contributed by atoms with E-state index in [1.165, 1.54) is 12.8 Å². The summed E-state index contributed by atoms with van der Waals surface area (Å²) in [6.07, 6.45) is 4.57. The molecule has 1 aromatic rings. The summed E-state index contributed by atoms with van der Waals surface area (Å²) in [7, 11) is -2.21. The summed E-state index contributed by atoms with van der Waals surface area (Å²) in [5.41, 5.74) is 5.14. The molecular formula is C20H37NO4Si. The lowest BCUT2D eigenvalue weighted by Crippen LogP contribution is -2.65. The molecule has 150 valence electrons. The van der Waals surface area contributed by atoms with Gasteiger partial charge in [0.05, 0.1) is 0 Å². The Morgan fingerprint density at radius 2 is 1.62 bits per heavy atom. The summed E-state index contributed by atoms with van der Waals surface area (Å²) in [5.74, 6) is 0.819. The van der Waals surface area contributed by atoms with Crippen molar-refractivity contribution in [1.29, 1.82) is 0 Å². The summed E-state index contributed by atoms with van der Waals surface area (Å²) < 4.78 is 23.5. The van der Waals surface area contributed by atoms with Crippen molar-refractivity contribution in [3.8, 4) is 5.75 Å². The average molecular weight is 384 g/mol. The Labute approximate surface area is 160 Å². The second-order valence-corrected chi connectivity index (χ2v) is 9.73. The van der Waals surface area contributed by atoms with E-state index in [4.69, 9.17) is 24.1 Å². The van der Waals surface area contributed by atoms with E-state index < -0.39 is 8.56 Å².